The van der Waals surface area contributed by atoms with Crippen LogP contribution in [0, 0.1) is 11.3 Å². The fourth-order valence-corrected chi connectivity index (χ4v) is 1.80. The summed E-state index contributed by atoms with van der Waals surface area (Å²) in [6.45, 7) is 3.97. The molecule has 2 N–H and O–H groups in total. The van der Waals surface area contributed by atoms with E-state index in [2.05, 4.69) is 21.7 Å². The van der Waals surface area contributed by atoms with Crippen molar-refractivity contribution in [3.63, 3.8) is 0 Å². The lowest BCUT2D eigenvalue weighted by atomic mass is 10.2. The molecule has 0 aliphatic rings. The SMILES string of the molecule is CCC(C)NC(=O)c1ccc(Nc2ccc(C#N)cc2)cn1. The Morgan fingerprint density at radius 1 is 1.23 bits per heavy atom. The minimum atomic E-state index is -0.167. The van der Waals surface area contributed by atoms with Crippen LogP contribution in [-0.4, -0.2) is 16.9 Å². The smallest absolute Gasteiger partial charge is 0.270 e. The highest BCUT2D eigenvalue weighted by molar-refractivity contribution is 5.92. The highest BCUT2D eigenvalue weighted by Crippen LogP contribution is 2.16. The van der Waals surface area contributed by atoms with E-state index in [0.29, 0.717) is 11.3 Å². The van der Waals surface area contributed by atoms with E-state index in [1.807, 2.05) is 26.0 Å². The van der Waals surface area contributed by atoms with Crippen molar-refractivity contribution in [2.45, 2.75) is 26.3 Å². The normalized spacial score (nSPS) is 11.3. The van der Waals surface area contributed by atoms with E-state index in [4.69, 9.17) is 5.26 Å². The molecule has 22 heavy (non-hydrogen) atoms. The van der Waals surface area contributed by atoms with E-state index in [1.54, 1.807) is 30.5 Å². The van der Waals surface area contributed by atoms with Crippen LogP contribution < -0.4 is 10.6 Å². The maximum atomic E-state index is 11.9. The summed E-state index contributed by atoms with van der Waals surface area (Å²) in [7, 11) is 0. The molecule has 0 fully saturated rings. The Labute approximate surface area is 130 Å². The molecular formula is C17H18N4O. The van der Waals surface area contributed by atoms with Crippen LogP contribution in [0.2, 0.25) is 0 Å². The van der Waals surface area contributed by atoms with Crippen LogP contribution in [0.3, 0.4) is 0 Å². The van der Waals surface area contributed by atoms with Crippen LogP contribution in [0.1, 0.15) is 36.3 Å². The lowest BCUT2D eigenvalue weighted by Crippen LogP contribution is -2.32. The molecule has 1 atom stereocenters. The first-order valence-electron chi connectivity index (χ1n) is 7.16. The number of hydrogen-bond acceptors (Lipinski definition) is 4. The average Bonchev–Trinajstić information content (AvgIpc) is 2.56. The average molecular weight is 294 g/mol. The zero-order valence-electron chi connectivity index (χ0n) is 12.6. The van der Waals surface area contributed by atoms with Gasteiger partial charge in [-0.25, -0.2) is 4.98 Å². The van der Waals surface area contributed by atoms with Crippen molar-refractivity contribution < 1.29 is 4.79 Å². The minimum absolute atomic E-state index is 0.130. The molecule has 0 spiro atoms. The number of amides is 1. The van der Waals surface area contributed by atoms with Gasteiger partial charge in [0.1, 0.15) is 5.69 Å². The van der Waals surface area contributed by atoms with E-state index >= 15 is 0 Å². The number of nitrogens with zero attached hydrogens (tertiary/aromatic N) is 2. The molecule has 2 aromatic rings. The zero-order chi connectivity index (χ0) is 15.9. The van der Waals surface area contributed by atoms with Crippen molar-refractivity contribution >= 4 is 17.3 Å². The van der Waals surface area contributed by atoms with Gasteiger partial charge in [-0.2, -0.15) is 5.26 Å². The van der Waals surface area contributed by atoms with Crippen molar-refractivity contribution in [3.8, 4) is 6.07 Å². The van der Waals surface area contributed by atoms with Gasteiger partial charge in [0.25, 0.3) is 5.91 Å². The van der Waals surface area contributed by atoms with E-state index in [-0.39, 0.29) is 11.9 Å². The third-order valence-electron chi connectivity index (χ3n) is 3.29. The minimum Gasteiger partial charge on any atom is -0.354 e. The van der Waals surface area contributed by atoms with Crippen LogP contribution in [0.5, 0.6) is 0 Å². The number of nitrogens with one attached hydrogen (secondary N) is 2. The van der Waals surface area contributed by atoms with Crippen molar-refractivity contribution in [2.24, 2.45) is 0 Å². The lowest BCUT2D eigenvalue weighted by Gasteiger charge is -2.11. The van der Waals surface area contributed by atoms with Crippen molar-refractivity contribution in [2.75, 3.05) is 5.32 Å². The number of carbonyl (C=O) groups is 1. The molecule has 5 nitrogen and oxygen atoms in total. The molecule has 5 heteroatoms. The summed E-state index contributed by atoms with van der Waals surface area (Å²) in [6.07, 6.45) is 2.49. The second-order valence-corrected chi connectivity index (χ2v) is 5.03. The maximum absolute atomic E-state index is 11.9. The number of aromatic nitrogens is 1. The van der Waals surface area contributed by atoms with E-state index in [9.17, 15) is 4.79 Å². The van der Waals surface area contributed by atoms with E-state index in [1.165, 1.54) is 0 Å². The molecule has 112 valence electrons. The third kappa shape index (κ3) is 4.06. The number of pyridine rings is 1. The van der Waals surface area contributed by atoms with Gasteiger partial charge in [-0.1, -0.05) is 6.92 Å². The Balaban J connectivity index is 2.02. The summed E-state index contributed by atoms with van der Waals surface area (Å²) in [6, 6.07) is 12.8. The molecule has 1 amide bonds. The fraction of sp³-hybridized carbons (Fsp3) is 0.235. The molecule has 1 aromatic carbocycles. The van der Waals surface area contributed by atoms with Gasteiger partial charge in [0.05, 0.1) is 23.5 Å². The molecule has 1 aromatic heterocycles. The number of benzene rings is 1. The van der Waals surface area contributed by atoms with Crippen LogP contribution in [0.4, 0.5) is 11.4 Å². The third-order valence-corrected chi connectivity index (χ3v) is 3.29. The van der Waals surface area contributed by atoms with Gasteiger partial charge >= 0.3 is 0 Å². The molecule has 0 bridgehead atoms. The second-order valence-electron chi connectivity index (χ2n) is 5.03. The van der Waals surface area contributed by atoms with E-state index in [0.717, 1.165) is 17.8 Å². The number of carbonyl (C=O) groups excluding carboxylic acids is 1. The largest absolute Gasteiger partial charge is 0.354 e. The Kier molecular flexibility index (Phi) is 5.10. The number of nitriles is 1. The number of rotatable bonds is 5. The Hall–Kier alpha value is -2.87. The Morgan fingerprint density at radius 2 is 1.91 bits per heavy atom. The van der Waals surface area contributed by atoms with E-state index < -0.39 is 0 Å². The number of anilines is 2. The van der Waals surface area contributed by atoms with Crippen molar-refractivity contribution in [3.05, 3.63) is 53.9 Å². The molecule has 0 saturated carbocycles. The number of hydrogen-bond donors (Lipinski definition) is 2. The van der Waals surface area contributed by atoms with Crippen molar-refractivity contribution in [1.29, 1.82) is 5.26 Å². The van der Waals surface area contributed by atoms with Gasteiger partial charge < -0.3 is 10.6 Å². The highest BCUT2D eigenvalue weighted by atomic mass is 16.1. The standard InChI is InChI=1S/C17H18N4O/c1-3-12(2)20-17(22)16-9-8-15(11-19-16)21-14-6-4-13(10-18)5-7-14/h4-9,11-12,21H,3H2,1-2H3,(H,20,22). The summed E-state index contributed by atoms with van der Waals surface area (Å²) in [4.78, 5) is 16.1. The first-order valence-corrected chi connectivity index (χ1v) is 7.16. The van der Waals surface area contributed by atoms with Crippen LogP contribution >= 0.6 is 0 Å². The molecule has 0 aliphatic carbocycles. The first-order chi connectivity index (χ1) is 10.6. The molecule has 2 rings (SSSR count). The van der Waals surface area contributed by atoms with Crippen molar-refractivity contribution in [1.82, 2.24) is 10.3 Å². The van der Waals surface area contributed by atoms with Gasteiger partial charge in [-0.15, -0.1) is 0 Å². The molecule has 0 saturated heterocycles. The Morgan fingerprint density at radius 3 is 2.45 bits per heavy atom. The predicted molar refractivity (Wildman–Crippen MR) is 85.9 cm³/mol. The molecular weight excluding hydrogens is 276 g/mol. The maximum Gasteiger partial charge on any atom is 0.270 e. The zero-order valence-corrected chi connectivity index (χ0v) is 12.6. The Bertz CT molecular complexity index is 671. The summed E-state index contributed by atoms with van der Waals surface area (Å²) in [5, 5.41) is 14.8. The molecule has 1 unspecified atom stereocenters. The van der Waals surface area contributed by atoms with Crippen LogP contribution in [0.25, 0.3) is 0 Å². The lowest BCUT2D eigenvalue weighted by molar-refractivity contribution is 0.0934. The monoisotopic (exact) mass is 294 g/mol. The van der Waals surface area contributed by atoms with Gasteiger partial charge in [-0.05, 0) is 49.7 Å². The topological polar surface area (TPSA) is 77.8 Å². The molecule has 1 heterocycles. The summed E-state index contributed by atoms with van der Waals surface area (Å²) < 4.78 is 0. The van der Waals surface area contributed by atoms with Gasteiger partial charge in [-0.3, -0.25) is 4.79 Å². The first kappa shape index (κ1) is 15.5. The highest BCUT2D eigenvalue weighted by Gasteiger charge is 2.09. The van der Waals surface area contributed by atoms with Crippen LogP contribution in [0.15, 0.2) is 42.6 Å². The molecule has 0 aliphatic heterocycles. The molecule has 0 radical (unpaired) electrons. The van der Waals surface area contributed by atoms with Gasteiger partial charge in [0.2, 0.25) is 0 Å². The second kappa shape index (κ2) is 7.23. The summed E-state index contributed by atoms with van der Waals surface area (Å²) >= 11 is 0. The summed E-state index contributed by atoms with van der Waals surface area (Å²) in [5.74, 6) is -0.167. The quantitative estimate of drug-likeness (QED) is 0.887. The van der Waals surface area contributed by atoms with Gasteiger partial charge in [0.15, 0.2) is 0 Å². The summed E-state index contributed by atoms with van der Waals surface area (Å²) in [5.41, 5.74) is 2.65. The van der Waals surface area contributed by atoms with Gasteiger partial charge in [0, 0.05) is 11.7 Å². The predicted octanol–water partition coefficient (Wildman–Crippen LogP) is 3.23. The fourth-order valence-electron chi connectivity index (χ4n) is 1.80. The van der Waals surface area contributed by atoms with Crippen LogP contribution in [-0.2, 0) is 0 Å².